The molecule has 132 valence electrons. The molecule has 0 saturated heterocycles. The molecule has 26 heavy (non-hydrogen) atoms. The summed E-state index contributed by atoms with van der Waals surface area (Å²) in [6, 6.07) is 15.6. The van der Waals surface area contributed by atoms with Crippen LogP contribution < -0.4 is 27.8 Å². The Balaban J connectivity index is 2.06. The molecule has 8 heteroatoms. The molecule has 8 nitrogen and oxygen atoms in total. The largest absolute Gasteiger partial charge is 0.399 e. The van der Waals surface area contributed by atoms with Gasteiger partial charge in [0.2, 0.25) is 0 Å². The lowest BCUT2D eigenvalue weighted by atomic mass is 10.1. The van der Waals surface area contributed by atoms with E-state index in [9.17, 15) is 9.59 Å². The van der Waals surface area contributed by atoms with Gasteiger partial charge in [0.05, 0.1) is 5.56 Å². The highest BCUT2D eigenvalue weighted by molar-refractivity contribution is 6.03. The minimum atomic E-state index is -0.805. The van der Waals surface area contributed by atoms with Crippen molar-refractivity contribution in [3.05, 3.63) is 60.2 Å². The Morgan fingerprint density at radius 1 is 0.962 bits per heavy atom. The third kappa shape index (κ3) is 3.59. The summed E-state index contributed by atoms with van der Waals surface area (Å²) in [5.74, 6) is -0.549. The van der Waals surface area contributed by atoms with Gasteiger partial charge in [-0.3, -0.25) is 10.1 Å². The van der Waals surface area contributed by atoms with Crippen LogP contribution in [0.4, 0.5) is 27.7 Å². The molecular formula is C18H18N6O2. The standard InChI is InChI=1S/C18H18N6O2/c19-10-6-7-12(14(8-10)22-11-4-2-1-3-5-11)15-9-13(16(20)25)17(23-15)24-18(21)26/h1-9,22-23H,19H2,(H2,20,25)(H3,21,24,26). The van der Waals surface area contributed by atoms with Crippen LogP contribution in [0.5, 0.6) is 0 Å². The summed E-state index contributed by atoms with van der Waals surface area (Å²) in [5.41, 5.74) is 20.0. The molecule has 2 aromatic carbocycles. The van der Waals surface area contributed by atoms with Crippen LogP contribution in [-0.2, 0) is 0 Å². The molecule has 0 aliphatic rings. The topological polar surface area (TPSA) is 152 Å². The normalized spacial score (nSPS) is 10.3. The van der Waals surface area contributed by atoms with E-state index in [0.29, 0.717) is 11.4 Å². The first-order chi connectivity index (χ1) is 12.4. The lowest BCUT2D eigenvalue weighted by Gasteiger charge is -2.12. The van der Waals surface area contributed by atoms with E-state index >= 15 is 0 Å². The number of carbonyl (C=O) groups excluding carboxylic acids is 2. The van der Waals surface area contributed by atoms with Gasteiger partial charge in [0.25, 0.3) is 5.91 Å². The van der Waals surface area contributed by atoms with Gasteiger partial charge >= 0.3 is 6.03 Å². The van der Waals surface area contributed by atoms with Gasteiger partial charge in [-0.1, -0.05) is 18.2 Å². The summed E-state index contributed by atoms with van der Waals surface area (Å²) in [4.78, 5) is 25.8. The van der Waals surface area contributed by atoms with Crippen molar-refractivity contribution in [3.8, 4) is 11.3 Å². The molecule has 0 unspecified atom stereocenters. The van der Waals surface area contributed by atoms with Gasteiger partial charge in [-0.25, -0.2) is 4.79 Å². The highest BCUT2D eigenvalue weighted by atomic mass is 16.2. The average molecular weight is 350 g/mol. The molecule has 9 N–H and O–H groups in total. The molecule has 1 heterocycles. The minimum Gasteiger partial charge on any atom is -0.399 e. The molecule has 3 aromatic rings. The predicted octanol–water partition coefficient (Wildman–Crippen LogP) is 2.60. The van der Waals surface area contributed by atoms with Crippen molar-refractivity contribution in [2.75, 3.05) is 16.4 Å². The van der Waals surface area contributed by atoms with Gasteiger partial charge < -0.3 is 27.5 Å². The van der Waals surface area contributed by atoms with Crippen molar-refractivity contribution < 1.29 is 9.59 Å². The zero-order valence-corrected chi connectivity index (χ0v) is 13.7. The number of hydrogen-bond acceptors (Lipinski definition) is 4. The molecule has 0 spiro atoms. The van der Waals surface area contributed by atoms with Crippen LogP contribution >= 0.6 is 0 Å². The minimum absolute atomic E-state index is 0.126. The maximum Gasteiger partial charge on any atom is 0.317 e. The number of para-hydroxylation sites is 1. The number of amides is 3. The lowest BCUT2D eigenvalue weighted by molar-refractivity contribution is 0.100. The second-order valence-corrected chi connectivity index (χ2v) is 5.62. The van der Waals surface area contributed by atoms with E-state index in [-0.39, 0.29) is 11.4 Å². The number of aromatic amines is 1. The summed E-state index contributed by atoms with van der Waals surface area (Å²) in [5, 5.41) is 5.65. The van der Waals surface area contributed by atoms with Crippen LogP contribution in [0.2, 0.25) is 0 Å². The maximum absolute atomic E-state index is 11.7. The van der Waals surface area contributed by atoms with E-state index in [1.165, 1.54) is 0 Å². The van der Waals surface area contributed by atoms with Crippen LogP contribution in [0.1, 0.15) is 10.4 Å². The van der Waals surface area contributed by atoms with Crippen molar-refractivity contribution in [1.82, 2.24) is 4.98 Å². The van der Waals surface area contributed by atoms with Gasteiger partial charge in [0.15, 0.2) is 0 Å². The molecule has 0 radical (unpaired) electrons. The first-order valence-electron chi connectivity index (χ1n) is 7.75. The van der Waals surface area contributed by atoms with Gasteiger partial charge in [0, 0.05) is 28.3 Å². The van der Waals surface area contributed by atoms with Gasteiger partial charge in [-0.2, -0.15) is 0 Å². The van der Waals surface area contributed by atoms with Crippen molar-refractivity contribution >= 4 is 34.8 Å². The summed E-state index contributed by atoms with van der Waals surface area (Å²) >= 11 is 0. The van der Waals surface area contributed by atoms with Crippen LogP contribution in [0, 0.1) is 0 Å². The quantitative estimate of drug-likeness (QED) is 0.392. The summed E-state index contributed by atoms with van der Waals surface area (Å²) in [6.07, 6.45) is 0. The Hall–Kier alpha value is -3.94. The van der Waals surface area contributed by atoms with E-state index in [1.807, 2.05) is 30.3 Å². The van der Waals surface area contributed by atoms with Gasteiger partial charge in [-0.15, -0.1) is 0 Å². The predicted molar refractivity (Wildman–Crippen MR) is 102 cm³/mol. The monoisotopic (exact) mass is 350 g/mol. The Bertz CT molecular complexity index is 965. The van der Waals surface area contributed by atoms with Crippen LogP contribution in [0.15, 0.2) is 54.6 Å². The summed E-state index contributed by atoms with van der Waals surface area (Å²) in [6.45, 7) is 0. The Morgan fingerprint density at radius 2 is 1.69 bits per heavy atom. The third-order valence-corrected chi connectivity index (χ3v) is 3.72. The number of benzene rings is 2. The number of aromatic nitrogens is 1. The third-order valence-electron chi connectivity index (χ3n) is 3.72. The van der Waals surface area contributed by atoms with Crippen molar-refractivity contribution in [2.24, 2.45) is 11.5 Å². The smallest absolute Gasteiger partial charge is 0.317 e. The first kappa shape index (κ1) is 16.9. The number of carbonyl (C=O) groups is 2. The van der Waals surface area contributed by atoms with Crippen molar-refractivity contribution in [1.29, 1.82) is 0 Å². The molecule has 0 atom stereocenters. The van der Waals surface area contributed by atoms with Gasteiger partial charge in [-0.05, 0) is 36.4 Å². The molecule has 0 saturated carbocycles. The fraction of sp³-hybridized carbons (Fsp3) is 0. The first-order valence-corrected chi connectivity index (χ1v) is 7.75. The van der Waals surface area contributed by atoms with E-state index in [2.05, 4.69) is 15.6 Å². The van der Waals surface area contributed by atoms with E-state index in [0.717, 1.165) is 16.9 Å². The van der Waals surface area contributed by atoms with E-state index < -0.39 is 11.9 Å². The lowest BCUT2D eigenvalue weighted by Crippen LogP contribution is -2.22. The average Bonchev–Trinajstić information content (AvgIpc) is 2.99. The molecular weight excluding hydrogens is 332 g/mol. The fourth-order valence-corrected chi connectivity index (χ4v) is 2.59. The molecule has 0 fully saturated rings. The van der Waals surface area contributed by atoms with Gasteiger partial charge in [0.1, 0.15) is 5.82 Å². The number of anilines is 4. The number of nitrogens with one attached hydrogen (secondary N) is 3. The second-order valence-electron chi connectivity index (χ2n) is 5.62. The summed E-state index contributed by atoms with van der Waals surface area (Å²) in [7, 11) is 0. The number of hydrogen-bond donors (Lipinski definition) is 6. The van der Waals surface area contributed by atoms with Crippen molar-refractivity contribution in [2.45, 2.75) is 0 Å². The molecule has 0 bridgehead atoms. The van der Waals surface area contributed by atoms with E-state index in [4.69, 9.17) is 17.2 Å². The Morgan fingerprint density at radius 3 is 2.35 bits per heavy atom. The highest BCUT2D eigenvalue weighted by Gasteiger charge is 2.17. The fourth-order valence-electron chi connectivity index (χ4n) is 2.59. The molecule has 3 amide bonds. The number of nitrogen functional groups attached to an aromatic ring is 1. The van der Waals surface area contributed by atoms with Crippen LogP contribution in [-0.4, -0.2) is 16.9 Å². The molecule has 3 rings (SSSR count). The number of primary amides is 2. The number of urea groups is 1. The molecule has 0 aliphatic carbocycles. The van der Waals surface area contributed by atoms with E-state index in [1.54, 1.807) is 24.3 Å². The van der Waals surface area contributed by atoms with Crippen LogP contribution in [0.25, 0.3) is 11.3 Å². The Labute approximate surface area is 149 Å². The number of H-pyrrole nitrogens is 1. The molecule has 0 aliphatic heterocycles. The van der Waals surface area contributed by atoms with Crippen LogP contribution in [0.3, 0.4) is 0 Å². The van der Waals surface area contributed by atoms with Crippen molar-refractivity contribution in [3.63, 3.8) is 0 Å². The second kappa shape index (κ2) is 6.89. The zero-order valence-electron chi connectivity index (χ0n) is 13.7. The SMILES string of the molecule is NC(=O)Nc1[nH]c(-c2ccc(N)cc2Nc2ccccc2)cc1C(N)=O. The molecule has 1 aromatic heterocycles. The zero-order chi connectivity index (χ0) is 18.7. The Kier molecular flexibility index (Phi) is 4.48. The summed E-state index contributed by atoms with van der Waals surface area (Å²) < 4.78 is 0. The number of nitrogens with two attached hydrogens (primary N) is 3. The number of rotatable bonds is 5. The maximum atomic E-state index is 11.7. The highest BCUT2D eigenvalue weighted by Crippen LogP contribution is 2.33.